The predicted octanol–water partition coefficient (Wildman–Crippen LogP) is 4.33. The second-order valence-electron chi connectivity index (χ2n) is 6.31. The first kappa shape index (κ1) is 15.8. The first-order valence-corrected chi connectivity index (χ1v) is 8.52. The monoisotopic (exact) mass is 334 g/mol. The molecule has 1 aromatic heterocycles. The largest absolute Gasteiger partial charge is 0.497 e. The highest BCUT2D eigenvalue weighted by Crippen LogP contribution is 2.33. The van der Waals surface area contributed by atoms with Gasteiger partial charge in [0.25, 0.3) is 0 Å². The van der Waals surface area contributed by atoms with Crippen molar-refractivity contribution < 1.29 is 9.47 Å². The molecular weight excluding hydrogens is 312 g/mol. The minimum absolute atomic E-state index is 0.0475. The van der Waals surface area contributed by atoms with Crippen LogP contribution in [0.25, 0.3) is 5.69 Å². The average molecular weight is 334 g/mol. The number of aromatic nitrogens is 1. The van der Waals surface area contributed by atoms with E-state index in [9.17, 15) is 0 Å². The van der Waals surface area contributed by atoms with E-state index in [1.807, 2.05) is 18.2 Å². The zero-order valence-electron chi connectivity index (χ0n) is 14.6. The summed E-state index contributed by atoms with van der Waals surface area (Å²) in [6, 6.07) is 18.7. The smallest absolute Gasteiger partial charge is 0.158 e. The quantitative estimate of drug-likeness (QED) is 0.710. The molecule has 128 valence electrons. The maximum Gasteiger partial charge on any atom is 0.158 e. The molecule has 25 heavy (non-hydrogen) atoms. The van der Waals surface area contributed by atoms with Crippen molar-refractivity contribution in [1.82, 2.24) is 4.57 Å². The van der Waals surface area contributed by atoms with E-state index in [2.05, 4.69) is 65.2 Å². The molecule has 4 rings (SSSR count). The Balaban J connectivity index is 1.62. The van der Waals surface area contributed by atoms with Crippen molar-refractivity contribution in [1.29, 1.82) is 0 Å². The molecule has 2 heterocycles. The number of benzene rings is 2. The fourth-order valence-corrected chi connectivity index (χ4v) is 3.31. The summed E-state index contributed by atoms with van der Waals surface area (Å²) in [5.41, 5.74) is 4.70. The lowest BCUT2D eigenvalue weighted by atomic mass is 10.2. The summed E-state index contributed by atoms with van der Waals surface area (Å²) in [6.45, 7) is 3.76. The zero-order chi connectivity index (χ0) is 17.2. The average Bonchev–Trinajstić information content (AvgIpc) is 3.31. The highest BCUT2D eigenvalue weighted by Gasteiger charge is 2.28. The molecule has 2 aromatic carbocycles. The second kappa shape index (κ2) is 6.65. The van der Waals surface area contributed by atoms with E-state index in [-0.39, 0.29) is 6.23 Å². The van der Waals surface area contributed by atoms with Gasteiger partial charge < -0.3 is 18.9 Å². The van der Waals surface area contributed by atoms with Crippen LogP contribution in [0.2, 0.25) is 0 Å². The van der Waals surface area contributed by atoms with Crippen LogP contribution < -0.4 is 9.64 Å². The summed E-state index contributed by atoms with van der Waals surface area (Å²) in [6.07, 6.45) is 4.15. The highest BCUT2D eigenvalue weighted by atomic mass is 16.5. The Labute approximate surface area is 148 Å². The van der Waals surface area contributed by atoms with E-state index in [1.165, 1.54) is 11.3 Å². The number of ether oxygens (including phenoxy) is 2. The maximum atomic E-state index is 6.03. The van der Waals surface area contributed by atoms with Gasteiger partial charge in [0, 0.05) is 41.9 Å². The lowest BCUT2D eigenvalue weighted by Crippen LogP contribution is -2.23. The number of hydrogen-bond acceptors (Lipinski definition) is 3. The van der Waals surface area contributed by atoms with Gasteiger partial charge in [-0.2, -0.15) is 0 Å². The molecule has 1 fully saturated rings. The van der Waals surface area contributed by atoms with Crippen molar-refractivity contribution in [2.24, 2.45) is 0 Å². The van der Waals surface area contributed by atoms with E-state index in [0.717, 1.165) is 30.2 Å². The first-order valence-electron chi connectivity index (χ1n) is 8.52. The van der Waals surface area contributed by atoms with Gasteiger partial charge in [0.15, 0.2) is 6.23 Å². The van der Waals surface area contributed by atoms with E-state index in [1.54, 1.807) is 7.11 Å². The fourth-order valence-electron chi connectivity index (χ4n) is 3.31. The molecule has 4 heteroatoms. The minimum Gasteiger partial charge on any atom is -0.497 e. The van der Waals surface area contributed by atoms with Crippen LogP contribution in [-0.2, 0) is 4.74 Å². The maximum absolute atomic E-state index is 6.03. The predicted molar refractivity (Wildman–Crippen MR) is 99.5 cm³/mol. The van der Waals surface area contributed by atoms with Crippen LogP contribution in [0, 0.1) is 6.92 Å². The van der Waals surface area contributed by atoms with Crippen LogP contribution >= 0.6 is 0 Å². The molecule has 0 amide bonds. The molecule has 0 aliphatic carbocycles. The molecule has 0 saturated carbocycles. The molecule has 0 spiro atoms. The molecule has 1 aliphatic rings. The number of aryl methyl sites for hydroxylation is 1. The van der Waals surface area contributed by atoms with Crippen LogP contribution in [0.5, 0.6) is 5.75 Å². The Hall–Kier alpha value is -2.72. The van der Waals surface area contributed by atoms with Gasteiger partial charge in [0.1, 0.15) is 5.75 Å². The number of anilines is 1. The van der Waals surface area contributed by atoms with E-state index in [0.29, 0.717) is 0 Å². The molecule has 0 N–H and O–H groups in total. The van der Waals surface area contributed by atoms with Crippen LogP contribution in [-0.4, -0.2) is 24.8 Å². The van der Waals surface area contributed by atoms with Crippen molar-refractivity contribution >= 4 is 5.69 Å². The molecule has 1 aliphatic heterocycles. The lowest BCUT2D eigenvalue weighted by molar-refractivity contribution is 0.114. The van der Waals surface area contributed by atoms with E-state index >= 15 is 0 Å². The van der Waals surface area contributed by atoms with Crippen LogP contribution in [0.15, 0.2) is 67.0 Å². The molecule has 3 aromatic rings. The summed E-state index contributed by atoms with van der Waals surface area (Å²) in [5.74, 6) is 0.853. The molecule has 1 saturated heterocycles. The second-order valence-corrected chi connectivity index (χ2v) is 6.31. The third-order valence-corrected chi connectivity index (χ3v) is 4.58. The van der Waals surface area contributed by atoms with Crippen molar-refractivity contribution in [3.8, 4) is 11.4 Å². The fraction of sp³-hybridized carbons (Fsp3) is 0.238. The normalized spacial score (nSPS) is 17.0. The summed E-state index contributed by atoms with van der Waals surface area (Å²) in [7, 11) is 1.69. The summed E-state index contributed by atoms with van der Waals surface area (Å²) < 4.78 is 13.5. The number of methoxy groups -OCH3 is 1. The van der Waals surface area contributed by atoms with Crippen LogP contribution in [0.4, 0.5) is 5.69 Å². The van der Waals surface area contributed by atoms with Crippen molar-refractivity contribution in [2.75, 3.05) is 25.2 Å². The van der Waals surface area contributed by atoms with E-state index in [4.69, 9.17) is 9.47 Å². The van der Waals surface area contributed by atoms with Gasteiger partial charge in [-0.3, -0.25) is 0 Å². The molecule has 0 bridgehead atoms. The number of rotatable bonds is 4. The Bertz CT molecular complexity index is 872. The third kappa shape index (κ3) is 3.13. The topological polar surface area (TPSA) is 26.6 Å². The number of nitrogens with zero attached hydrogens (tertiary/aromatic N) is 2. The minimum atomic E-state index is -0.0475. The van der Waals surface area contributed by atoms with Gasteiger partial charge in [-0.15, -0.1) is 0 Å². The van der Waals surface area contributed by atoms with Crippen LogP contribution in [0.1, 0.15) is 17.4 Å². The van der Waals surface area contributed by atoms with Crippen molar-refractivity contribution in [2.45, 2.75) is 13.2 Å². The Kier molecular flexibility index (Phi) is 4.20. The Morgan fingerprint density at radius 3 is 2.72 bits per heavy atom. The standard InChI is InChI=1S/C21H22N2O2/c1-16-5-3-7-19(13-16)23-11-12-25-21(23)17-9-10-22(15-17)18-6-4-8-20(14-18)24-2/h3-10,13-15,21H,11-12H2,1-2H3/t21-/m0/s1. The van der Waals surface area contributed by atoms with Crippen molar-refractivity contribution in [3.05, 3.63) is 78.1 Å². The molecule has 0 unspecified atom stereocenters. The van der Waals surface area contributed by atoms with E-state index < -0.39 is 0 Å². The molecular formula is C21H22N2O2. The summed E-state index contributed by atoms with van der Waals surface area (Å²) >= 11 is 0. The van der Waals surface area contributed by atoms with Gasteiger partial charge in [-0.05, 0) is 42.8 Å². The third-order valence-electron chi connectivity index (χ3n) is 4.58. The lowest BCUT2D eigenvalue weighted by Gasteiger charge is -2.25. The van der Waals surface area contributed by atoms with Gasteiger partial charge in [-0.25, -0.2) is 0 Å². The van der Waals surface area contributed by atoms with Gasteiger partial charge in [0.2, 0.25) is 0 Å². The summed E-state index contributed by atoms with van der Waals surface area (Å²) in [4.78, 5) is 2.32. The Morgan fingerprint density at radius 2 is 1.88 bits per heavy atom. The first-order chi connectivity index (χ1) is 12.2. The van der Waals surface area contributed by atoms with Gasteiger partial charge in [0.05, 0.1) is 13.7 Å². The zero-order valence-corrected chi connectivity index (χ0v) is 14.6. The number of hydrogen-bond donors (Lipinski definition) is 0. The van der Waals surface area contributed by atoms with Gasteiger partial charge >= 0.3 is 0 Å². The molecule has 1 atom stereocenters. The molecule has 0 radical (unpaired) electrons. The highest BCUT2D eigenvalue weighted by molar-refractivity contribution is 5.51. The van der Waals surface area contributed by atoms with Gasteiger partial charge in [-0.1, -0.05) is 18.2 Å². The van der Waals surface area contributed by atoms with Crippen molar-refractivity contribution in [3.63, 3.8) is 0 Å². The van der Waals surface area contributed by atoms with Crippen LogP contribution in [0.3, 0.4) is 0 Å². The Morgan fingerprint density at radius 1 is 1.04 bits per heavy atom. The molecule has 4 nitrogen and oxygen atoms in total. The summed E-state index contributed by atoms with van der Waals surface area (Å²) in [5, 5.41) is 0. The SMILES string of the molecule is COc1cccc(-n2ccc([C@@H]3OCCN3c3cccc(C)c3)c2)c1.